The molecule has 0 saturated carbocycles. The first-order chi connectivity index (χ1) is 16.7. The van der Waals surface area contributed by atoms with Gasteiger partial charge in [-0.2, -0.15) is 0 Å². The number of halogens is 1. The smallest absolute Gasteiger partial charge is 0.252 e. The van der Waals surface area contributed by atoms with Crippen LogP contribution >= 0.6 is 11.6 Å². The van der Waals surface area contributed by atoms with E-state index in [1.54, 1.807) is 30.5 Å². The van der Waals surface area contributed by atoms with Gasteiger partial charge in [-0.1, -0.05) is 52.3 Å². The summed E-state index contributed by atoms with van der Waals surface area (Å²) < 4.78 is 26.5. The first-order valence-corrected chi connectivity index (χ1v) is 14.3. The summed E-state index contributed by atoms with van der Waals surface area (Å²) in [7, 11) is -3.31. The van der Waals surface area contributed by atoms with E-state index in [-0.39, 0.29) is 24.0 Å². The average molecular weight is 526 g/mol. The highest BCUT2D eigenvalue weighted by atomic mass is 35.5. The van der Waals surface area contributed by atoms with Gasteiger partial charge in [0.1, 0.15) is 5.75 Å². The van der Waals surface area contributed by atoms with Crippen LogP contribution in [0.5, 0.6) is 5.75 Å². The third-order valence-electron chi connectivity index (χ3n) is 5.78. The number of carbonyl (C=O) groups excluding carboxylic acids is 1. The summed E-state index contributed by atoms with van der Waals surface area (Å²) in [6.45, 7) is 12.6. The highest BCUT2D eigenvalue weighted by Gasteiger charge is 2.42. The molecule has 0 radical (unpaired) electrons. The summed E-state index contributed by atoms with van der Waals surface area (Å²) in [6.07, 6.45) is 3.01. The Morgan fingerprint density at radius 2 is 1.80 bits per heavy atom. The quantitative estimate of drug-likeness (QED) is 0.510. The molecule has 2 aromatic rings. The van der Waals surface area contributed by atoms with Crippen molar-refractivity contribution in [2.45, 2.75) is 66.2 Å². The molecule has 1 aromatic heterocycles. The number of aromatic hydroxyl groups is 1. The van der Waals surface area contributed by atoms with E-state index in [1.807, 2.05) is 47.6 Å². The Morgan fingerprint density at radius 1 is 1.17 bits per heavy atom. The van der Waals surface area contributed by atoms with Gasteiger partial charge in [-0.3, -0.25) is 9.78 Å². The number of nitrogens with zero attached hydrogens (tertiary/aromatic N) is 2. The van der Waals surface area contributed by atoms with E-state index in [1.165, 1.54) is 4.31 Å². The summed E-state index contributed by atoms with van der Waals surface area (Å²) >= 11 is 6.24. The Labute approximate surface area is 216 Å². The number of piperidine rings is 1. The summed E-state index contributed by atoms with van der Waals surface area (Å²) in [5.74, 6) is -0.173. The van der Waals surface area contributed by atoms with Gasteiger partial charge in [-0.25, -0.2) is 12.7 Å². The lowest BCUT2D eigenvalue weighted by atomic mass is 9.75. The van der Waals surface area contributed by atoms with E-state index >= 15 is 0 Å². The molecule has 3 rings (SSSR count). The van der Waals surface area contributed by atoms with Gasteiger partial charge in [0.25, 0.3) is 5.91 Å². The third-order valence-corrected chi connectivity index (χ3v) is 8.17. The molecule has 196 valence electrons. The Bertz CT molecular complexity index is 1050. The van der Waals surface area contributed by atoms with Crippen LogP contribution in [0, 0.1) is 6.92 Å². The topological polar surface area (TPSA) is 99.6 Å². The van der Waals surface area contributed by atoms with Gasteiger partial charge < -0.3 is 10.4 Å². The predicted octanol–water partition coefficient (Wildman–Crippen LogP) is 5.30. The summed E-state index contributed by atoms with van der Waals surface area (Å²) in [5, 5.41) is 13.8. The molecule has 1 fully saturated rings. The zero-order valence-electron chi connectivity index (χ0n) is 21.8. The molecule has 0 unspecified atom stereocenters. The van der Waals surface area contributed by atoms with Gasteiger partial charge in [0.2, 0.25) is 10.0 Å². The molecular weight excluding hydrogens is 486 g/mol. The zero-order valence-corrected chi connectivity index (χ0v) is 23.3. The second-order valence-electron chi connectivity index (χ2n) is 8.03. The first-order valence-electron chi connectivity index (χ1n) is 12.4. The number of benzene rings is 1. The van der Waals surface area contributed by atoms with Crippen LogP contribution in [0.3, 0.4) is 0 Å². The monoisotopic (exact) mass is 525 g/mol. The van der Waals surface area contributed by atoms with Gasteiger partial charge >= 0.3 is 0 Å². The fourth-order valence-corrected chi connectivity index (χ4v) is 5.87. The number of aryl methyl sites for hydroxylation is 1. The van der Waals surface area contributed by atoms with Crippen molar-refractivity contribution in [2.75, 3.05) is 25.4 Å². The van der Waals surface area contributed by atoms with Crippen molar-refractivity contribution >= 4 is 27.5 Å². The predicted molar refractivity (Wildman–Crippen MR) is 144 cm³/mol. The van der Waals surface area contributed by atoms with Gasteiger partial charge in [0.15, 0.2) is 0 Å². The molecule has 1 amide bonds. The molecule has 7 nitrogen and oxygen atoms in total. The van der Waals surface area contributed by atoms with Crippen molar-refractivity contribution < 1.29 is 18.3 Å². The molecule has 0 aliphatic carbocycles. The Hall–Kier alpha value is -2.16. The van der Waals surface area contributed by atoms with Crippen LogP contribution in [-0.4, -0.2) is 54.1 Å². The van der Waals surface area contributed by atoms with E-state index in [9.17, 15) is 18.3 Å². The van der Waals surface area contributed by atoms with Crippen LogP contribution in [0.4, 0.5) is 0 Å². The highest BCUT2D eigenvalue weighted by Crippen LogP contribution is 2.39. The number of rotatable bonds is 7. The molecule has 1 aliphatic heterocycles. The average Bonchev–Trinajstić information content (AvgIpc) is 2.85. The summed E-state index contributed by atoms with van der Waals surface area (Å²) in [4.78, 5) is 17.2. The van der Waals surface area contributed by atoms with E-state index in [4.69, 9.17) is 11.6 Å². The fraction of sp³-hybridized carbons (Fsp3) is 0.538. The molecule has 35 heavy (non-hydrogen) atoms. The minimum Gasteiger partial charge on any atom is -0.506 e. The number of aromatic nitrogens is 1. The molecule has 0 atom stereocenters. The molecule has 0 bridgehead atoms. The Balaban J connectivity index is 0.00000145. The minimum atomic E-state index is -3.31. The number of nitrogens with one attached hydrogen (secondary N) is 1. The van der Waals surface area contributed by atoms with E-state index in [0.29, 0.717) is 48.6 Å². The van der Waals surface area contributed by atoms with Crippen molar-refractivity contribution in [1.29, 1.82) is 0 Å². The van der Waals surface area contributed by atoms with E-state index < -0.39 is 15.4 Å². The van der Waals surface area contributed by atoms with Crippen LogP contribution in [-0.2, 0) is 15.4 Å². The van der Waals surface area contributed by atoms with Crippen LogP contribution in [0.2, 0.25) is 5.02 Å². The van der Waals surface area contributed by atoms with Crippen molar-refractivity contribution in [3.8, 4) is 5.75 Å². The normalized spacial score (nSPS) is 15.2. The van der Waals surface area contributed by atoms with Crippen molar-refractivity contribution in [3.63, 3.8) is 0 Å². The van der Waals surface area contributed by atoms with Gasteiger partial charge in [-0.05, 0) is 56.0 Å². The third kappa shape index (κ3) is 7.92. The molecule has 9 heteroatoms. The molecule has 1 saturated heterocycles. The number of pyridine rings is 1. The number of carbonyl (C=O) groups is 1. The standard InChI is InChI=1S/C22H28ClN3O4S.2C2H6/c1-3-13-31(29,30)26-11-8-22(9-12-26,20-19(27)5-4-10-24-20)15-25-21(28)17-7-6-16(2)14-18(17)23;2*1-2/h4-7,10,14,27H,3,8-9,11-13,15H2,1-2H3,(H,25,28);2*1-2H3. The fourth-order valence-electron chi connectivity index (χ4n) is 4.03. The molecular formula is C26H40ClN3O4S. The van der Waals surface area contributed by atoms with Gasteiger partial charge in [-0.15, -0.1) is 0 Å². The molecule has 1 aromatic carbocycles. The highest BCUT2D eigenvalue weighted by molar-refractivity contribution is 7.89. The van der Waals surface area contributed by atoms with E-state index in [0.717, 1.165) is 5.56 Å². The molecule has 1 aliphatic rings. The second-order valence-corrected chi connectivity index (χ2v) is 10.5. The first kappa shape index (κ1) is 30.9. The van der Waals surface area contributed by atoms with Gasteiger partial charge in [0, 0.05) is 31.2 Å². The lowest BCUT2D eigenvalue weighted by Crippen LogP contribution is -2.51. The minimum absolute atomic E-state index is 0.0370. The lowest BCUT2D eigenvalue weighted by Gasteiger charge is -2.41. The number of hydrogen-bond acceptors (Lipinski definition) is 5. The Kier molecular flexibility index (Phi) is 12.7. The lowest BCUT2D eigenvalue weighted by molar-refractivity contribution is 0.0931. The Morgan fingerprint density at radius 3 is 2.34 bits per heavy atom. The van der Waals surface area contributed by atoms with Gasteiger partial charge in [0.05, 0.1) is 22.0 Å². The van der Waals surface area contributed by atoms with Crippen LogP contribution in [0.15, 0.2) is 36.5 Å². The summed E-state index contributed by atoms with van der Waals surface area (Å²) in [6, 6.07) is 8.42. The second kappa shape index (κ2) is 14.4. The molecule has 0 spiro atoms. The molecule has 2 N–H and O–H groups in total. The van der Waals surface area contributed by atoms with Crippen molar-refractivity contribution in [1.82, 2.24) is 14.6 Å². The van der Waals surface area contributed by atoms with Crippen molar-refractivity contribution in [3.05, 3.63) is 58.4 Å². The molecule has 2 heterocycles. The maximum Gasteiger partial charge on any atom is 0.252 e. The van der Waals surface area contributed by atoms with E-state index in [2.05, 4.69) is 10.3 Å². The number of hydrogen-bond donors (Lipinski definition) is 2. The maximum absolute atomic E-state index is 12.8. The zero-order chi connectivity index (χ0) is 26.6. The number of amides is 1. The largest absolute Gasteiger partial charge is 0.506 e. The van der Waals surface area contributed by atoms with Crippen LogP contribution < -0.4 is 5.32 Å². The number of sulfonamides is 1. The summed E-state index contributed by atoms with van der Waals surface area (Å²) in [5.41, 5.74) is 1.11. The maximum atomic E-state index is 12.8. The van der Waals surface area contributed by atoms with Crippen LogP contribution in [0.25, 0.3) is 0 Å². The van der Waals surface area contributed by atoms with Crippen molar-refractivity contribution in [2.24, 2.45) is 0 Å². The van der Waals surface area contributed by atoms with Crippen LogP contribution in [0.1, 0.15) is 75.5 Å². The SMILES string of the molecule is CC.CC.CCCS(=O)(=O)N1CCC(CNC(=O)c2ccc(C)cc2Cl)(c2ncccc2O)CC1.